The SMILES string of the molecule is CCC(C)C(=O)c1cccc2c1OCC2. The number of para-hydroxylation sites is 1. The van der Waals surface area contributed by atoms with Gasteiger partial charge in [0, 0.05) is 12.3 Å². The van der Waals surface area contributed by atoms with Crippen molar-refractivity contribution in [2.45, 2.75) is 26.7 Å². The van der Waals surface area contributed by atoms with Crippen LogP contribution in [-0.4, -0.2) is 12.4 Å². The number of carbonyl (C=O) groups excluding carboxylic acids is 1. The highest BCUT2D eigenvalue weighted by Gasteiger charge is 2.22. The molecule has 1 atom stereocenters. The van der Waals surface area contributed by atoms with Gasteiger partial charge in [-0.2, -0.15) is 0 Å². The van der Waals surface area contributed by atoms with Crippen molar-refractivity contribution in [2.24, 2.45) is 5.92 Å². The molecule has 1 aromatic carbocycles. The van der Waals surface area contributed by atoms with Crippen LogP contribution in [0.4, 0.5) is 0 Å². The summed E-state index contributed by atoms with van der Waals surface area (Å²) < 4.78 is 5.52. The second-order valence-electron chi connectivity index (χ2n) is 4.07. The fourth-order valence-electron chi connectivity index (χ4n) is 1.86. The summed E-state index contributed by atoms with van der Waals surface area (Å²) in [5.41, 5.74) is 1.93. The Hall–Kier alpha value is -1.31. The molecule has 15 heavy (non-hydrogen) atoms. The lowest BCUT2D eigenvalue weighted by Crippen LogP contribution is -2.11. The number of hydrogen-bond acceptors (Lipinski definition) is 2. The smallest absolute Gasteiger partial charge is 0.169 e. The quantitative estimate of drug-likeness (QED) is 0.708. The molecule has 2 nitrogen and oxygen atoms in total. The lowest BCUT2D eigenvalue weighted by molar-refractivity contribution is 0.0924. The molecular weight excluding hydrogens is 188 g/mol. The van der Waals surface area contributed by atoms with E-state index in [1.807, 2.05) is 32.0 Å². The lowest BCUT2D eigenvalue weighted by atomic mass is 9.95. The van der Waals surface area contributed by atoms with Crippen LogP contribution in [0.5, 0.6) is 5.75 Å². The van der Waals surface area contributed by atoms with Crippen LogP contribution in [-0.2, 0) is 6.42 Å². The Morgan fingerprint density at radius 2 is 2.33 bits per heavy atom. The van der Waals surface area contributed by atoms with E-state index in [2.05, 4.69) is 0 Å². The van der Waals surface area contributed by atoms with Crippen molar-refractivity contribution in [3.05, 3.63) is 29.3 Å². The predicted octanol–water partition coefficient (Wildman–Crippen LogP) is 2.85. The van der Waals surface area contributed by atoms with Gasteiger partial charge in [-0.15, -0.1) is 0 Å². The molecule has 0 fully saturated rings. The summed E-state index contributed by atoms with van der Waals surface area (Å²) >= 11 is 0. The second kappa shape index (κ2) is 4.05. The molecule has 0 aliphatic carbocycles. The van der Waals surface area contributed by atoms with E-state index in [0.29, 0.717) is 6.61 Å². The van der Waals surface area contributed by atoms with E-state index in [1.165, 1.54) is 5.56 Å². The number of hydrogen-bond donors (Lipinski definition) is 0. The molecule has 0 bridgehead atoms. The van der Waals surface area contributed by atoms with Crippen LogP contribution >= 0.6 is 0 Å². The maximum atomic E-state index is 12.1. The number of ether oxygens (including phenoxy) is 1. The monoisotopic (exact) mass is 204 g/mol. The van der Waals surface area contributed by atoms with Crippen molar-refractivity contribution in [3.8, 4) is 5.75 Å². The van der Waals surface area contributed by atoms with Crippen molar-refractivity contribution in [3.63, 3.8) is 0 Å². The average Bonchev–Trinajstić information content (AvgIpc) is 2.74. The van der Waals surface area contributed by atoms with Crippen LogP contribution in [0, 0.1) is 5.92 Å². The molecule has 0 aromatic heterocycles. The minimum Gasteiger partial charge on any atom is -0.492 e. The molecule has 2 heteroatoms. The number of fused-ring (bicyclic) bond motifs is 1. The summed E-state index contributed by atoms with van der Waals surface area (Å²) in [5.74, 6) is 1.11. The summed E-state index contributed by atoms with van der Waals surface area (Å²) in [6.45, 7) is 4.71. The normalized spacial score (nSPS) is 15.6. The van der Waals surface area contributed by atoms with E-state index in [1.54, 1.807) is 0 Å². The van der Waals surface area contributed by atoms with Gasteiger partial charge in [0.05, 0.1) is 12.2 Å². The summed E-state index contributed by atoms with van der Waals surface area (Å²) in [4.78, 5) is 12.1. The summed E-state index contributed by atoms with van der Waals surface area (Å²) in [5, 5.41) is 0. The van der Waals surface area contributed by atoms with Gasteiger partial charge in [-0.3, -0.25) is 4.79 Å². The van der Waals surface area contributed by atoms with Gasteiger partial charge >= 0.3 is 0 Å². The molecule has 1 unspecified atom stereocenters. The van der Waals surface area contributed by atoms with Crippen LogP contribution in [0.2, 0.25) is 0 Å². The largest absolute Gasteiger partial charge is 0.492 e. The van der Waals surface area contributed by atoms with Gasteiger partial charge in [-0.1, -0.05) is 26.0 Å². The first kappa shape index (κ1) is 10.2. The van der Waals surface area contributed by atoms with Crippen LogP contribution in [0.3, 0.4) is 0 Å². The first-order valence-electron chi connectivity index (χ1n) is 5.53. The molecule has 2 rings (SSSR count). The Morgan fingerprint density at radius 3 is 3.07 bits per heavy atom. The predicted molar refractivity (Wildman–Crippen MR) is 59.4 cm³/mol. The van der Waals surface area contributed by atoms with E-state index in [4.69, 9.17) is 4.74 Å². The molecule has 0 radical (unpaired) electrons. The van der Waals surface area contributed by atoms with Crippen LogP contribution in [0.25, 0.3) is 0 Å². The van der Waals surface area contributed by atoms with Gasteiger partial charge < -0.3 is 4.74 Å². The van der Waals surface area contributed by atoms with Gasteiger partial charge in [0.25, 0.3) is 0 Å². The van der Waals surface area contributed by atoms with E-state index >= 15 is 0 Å². The lowest BCUT2D eigenvalue weighted by Gasteiger charge is -2.10. The Kier molecular flexibility index (Phi) is 2.76. The third-order valence-electron chi connectivity index (χ3n) is 3.04. The molecule has 0 spiro atoms. The highest BCUT2D eigenvalue weighted by Crippen LogP contribution is 2.31. The van der Waals surface area contributed by atoms with E-state index in [0.717, 1.165) is 24.2 Å². The Bertz CT molecular complexity index is 382. The molecule has 1 aliphatic rings. The Morgan fingerprint density at radius 1 is 1.53 bits per heavy atom. The second-order valence-corrected chi connectivity index (χ2v) is 4.07. The third-order valence-corrected chi connectivity index (χ3v) is 3.04. The van der Waals surface area contributed by atoms with Crippen molar-refractivity contribution in [2.75, 3.05) is 6.61 Å². The van der Waals surface area contributed by atoms with E-state index < -0.39 is 0 Å². The zero-order valence-corrected chi connectivity index (χ0v) is 9.25. The van der Waals surface area contributed by atoms with Crippen molar-refractivity contribution >= 4 is 5.78 Å². The third kappa shape index (κ3) is 1.76. The molecular formula is C13H16O2. The first-order chi connectivity index (χ1) is 7.24. The Balaban J connectivity index is 2.37. The van der Waals surface area contributed by atoms with Gasteiger partial charge in [0.15, 0.2) is 5.78 Å². The Labute approximate surface area is 90.3 Å². The van der Waals surface area contributed by atoms with Gasteiger partial charge in [0.2, 0.25) is 0 Å². The van der Waals surface area contributed by atoms with Crippen molar-refractivity contribution in [1.29, 1.82) is 0 Å². The molecule has 0 saturated heterocycles. The minimum absolute atomic E-state index is 0.0840. The molecule has 0 amide bonds. The zero-order valence-electron chi connectivity index (χ0n) is 9.25. The summed E-state index contributed by atoms with van der Waals surface area (Å²) in [6, 6.07) is 5.86. The number of carbonyl (C=O) groups is 1. The molecule has 1 aromatic rings. The maximum Gasteiger partial charge on any atom is 0.169 e. The van der Waals surface area contributed by atoms with E-state index in [-0.39, 0.29) is 11.7 Å². The van der Waals surface area contributed by atoms with Gasteiger partial charge in [-0.25, -0.2) is 0 Å². The number of ketones is 1. The average molecular weight is 204 g/mol. The van der Waals surface area contributed by atoms with Crippen molar-refractivity contribution in [1.82, 2.24) is 0 Å². The van der Waals surface area contributed by atoms with Gasteiger partial charge in [0.1, 0.15) is 5.75 Å². The fourth-order valence-corrected chi connectivity index (χ4v) is 1.86. The van der Waals surface area contributed by atoms with Crippen LogP contribution in [0.15, 0.2) is 18.2 Å². The molecule has 1 aliphatic heterocycles. The molecule has 1 heterocycles. The number of Topliss-reactive ketones (excluding diaryl/α,β-unsaturated/α-hetero) is 1. The molecule has 0 saturated carbocycles. The van der Waals surface area contributed by atoms with Crippen molar-refractivity contribution < 1.29 is 9.53 Å². The minimum atomic E-state index is 0.0840. The fraction of sp³-hybridized carbons (Fsp3) is 0.462. The van der Waals surface area contributed by atoms with Gasteiger partial charge in [-0.05, 0) is 18.1 Å². The standard InChI is InChI=1S/C13H16O2/c1-3-9(2)12(14)11-6-4-5-10-7-8-15-13(10)11/h4-6,9H,3,7-8H2,1-2H3. The van der Waals surface area contributed by atoms with Crippen LogP contribution < -0.4 is 4.74 Å². The highest BCUT2D eigenvalue weighted by atomic mass is 16.5. The first-order valence-corrected chi connectivity index (χ1v) is 5.53. The highest BCUT2D eigenvalue weighted by molar-refractivity contribution is 6.00. The van der Waals surface area contributed by atoms with Crippen LogP contribution in [0.1, 0.15) is 36.2 Å². The zero-order chi connectivity index (χ0) is 10.8. The summed E-state index contributed by atoms with van der Waals surface area (Å²) in [6.07, 6.45) is 1.81. The molecule has 0 N–H and O–H groups in total. The topological polar surface area (TPSA) is 26.3 Å². The molecule has 80 valence electrons. The summed E-state index contributed by atoms with van der Waals surface area (Å²) in [7, 11) is 0. The number of benzene rings is 1. The number of rotatable bonds is 3. The maximum absolute atomic E-state index is 12.1. The van der Waals surface area contributed by atoms with E-state index in [9.17, 15) is 4.79 Å².